The predicted molar refractivity (Wildman–Crippen MR) is 77.4 cm³/mol. The third kappa shape index (κ3) is 3.25. The van der Waals surface area contributed by atoms with Gasteiger partial charge in [0.15, 0.2) is 0 Å². The van der Waals surface area contributed by atoms with Gasteiger partial charge in [0.1, 0.15) is 0 Å². The molecule has 3 unspecified atom stereocenters. The quantitative estimate of drug-likeness (QED) is 0.658. The Morgan fingerprint density at radius 3 is 2.74 bits per heavy atom. The van der Waals surface area contributed by atoms with Crippen LogP contribution in [-0.2, 0) is 0 Å². The molecule has 1 N–H and O–H groups in total. The van der Waals surface area contributed by atoms with Gasteiger partial charge in [-0.1, -0.05) is 26.3 Å². The van der Waals surface area contributed by atoms with Crippen molar-refractivity contribution in [2.75, 3.05) is 5.32 Å². The average molecular weight is 262 g/mol. The standard InChI is InChI=1S/C15H22N2O2/c1-10-4-5-11(2)14(8-10)16-15-9-13(17(18)19)7-6-12(15)3/h6-7,9-11,14,16H,4-5,8H2,1-3H3. The number of hydrogen-bond acceptors (Lipinski definition) is 3. The van der Waals surface area contributed by atoms with Crippen molar-refractivity contribution in [2.45, 2.75) is 46.1 Å². The van der Waals surface area contributed by atoms with Crippen LogP contribution < -0.4 is 5.32 Å². The summed E-state index contributed by atoms with van der Waals surface area (Å²) in [4.78, 5) is 10.5. The normalized spacial score (nSPS) is 27.0. The predicted octanol–water partition coefficient (Wildman–Crippen LogP) is 4.14. The SMILES string of the molecule is Cc1ccc([N+](=O)[O-])cc1NC1CC(C)CCC1C. The molecule has 1 aromatic carbocycles. The number of hydrogen-bond donors (Lipinski definition) is 1. The summed E-state index contributed by atoms with van der Waals surface area (Å²) >= 11 is 0. The van der Waals surface area contributed by atoms with E-state index in [1.165, 1.54) is 12.8 Å². The molecule has 3 atom stereocenters. The second kappa shape index (κ2) is 5.59. The van der Waals surface area contributed by atoms with Gasteiger partial charge in [-0.15, -0.1) is 0 Å². The van der Waals surface area contributed by atoms with Crippen LogP contribution in [0.1, 0.15) is 38.7 Å². The number of benzene rings is 1. The molecule has 1 saturated carbocycles. The zero-order chi connectivity index (χ0) is 14.0. The van der Waals surface area contributed by atoms with Crippen LogP contribution >= 0.6 is 0 Å². The van der Waals surface area contributed by atoms with Crippen LogP contribution in [0.25, 0.3) is 0 Å². The first-order valence-corrected chi connectivity index (χ1v) is 6.99. The maximum Gasteiger partial charge on any atom is 0.271 e. The lowest BCUT2D eigenvalue weighted by Crippen LogP contribution is -2.33. The Labute approximate surface area is 114 Å². The van der Waals surface area contributed by atoms with Crippen LogP contribution in [0.5, 0.6) is 0 Å². The number of nitro benzene ring substituents is 1. The molecule has 1 fully saturated rings. The van der Waals surface area contributed by atoms with E-state index in [-0.39, 0.29) is 10.6 Å². The molecule has 0 spiro atoms. The van der Waals surface area contributed by atoms with Crippen molar-refractivity contribution in [3.63, 3.8) is 0 Å². The summed E-state index contributed by atoms with van der Waals surface area (Å²) in [7, 11) is 0. The minimum atomic E-state index is -0.336. The summed E-state index contributed by atoms with van der Waals surface area (Å²) in [5, 5.41) is 14.4. The fourth-order valence-corrected chi connectivity index (χ4v) is 2.81. The van der Waals surface area contributed by atoms with Gasteiger partial charge in [0.2, 0.25) is 0 Å². The van der Waals surface area contributed by atoms with Gasteiger partial charge < -0.3 is 5.32 Å². The fraction of sp³-hybridized carbons (Fsp3) is 0.600. The van der Waals surface area contributed by atoms with Gasteiger partial charge in [-0.05, 0) is 37.2 Å². The minimum absolute atomic E-state index is 0.157. The first-order valence-electron chi connectivity index (χ1n) is 6.99. The second-order valence-electron chi connectivity index (χ2n) is 5.90. The molecule has 0 aromatic heterocycles. The largest absolute Gasteiger partial charge is 0.382 e. The molecule has 0 radical (unpaired) electrons. The first kappa shape index (κ1) is 13.8. The number of rotatable bonds is 3. The van der Waals surface area contributed by atoms with Crippen LogP contribution in [0.2, 0.25) is 0 Å². The molecule has 2 rings (SSSR count). The van der Waals surface area contributed by atoms with E-state index in [2.05, 4.69) is 19.2 Å². The van der Waals surface area contributed by atoms with E-state index in [0.717, 1.165) is 23.6 Å². The summed E-state index contributed by atoms with van der Waals surface area (Å²) in [5.74, 6) is 1.35. The monoisotopic (exact) mass is 262 g/mol. The third-order valence-electron chi connectivity index (χ3n) is 4.23. The van der Waals surface area contributed by atoms with E-state index in [1.807, 2.05) is 13.0 Å². The molecule has 0 saturated heterocycles. The van der Waals surface area contributed by atoms with Crippen LogP contribution in [-0.4, -0.2) is 11.0 Å². The lowest BCUT2D eigenvalue weighted by molar-refractivity contribution is -0.384. The molecule has 1 aliphatic carbocycles. The zero-order valence-electron chi connectivity index (χ0n) is 11.8. The van der Waals surface area contributed by atoms with Gasteiger partial charge in [0, 0.05) is 23.9 Å². The average Bonchev–Trinajstić information content (AvgIpc) is 2.36. The second-order valence-corrected chi connectivity index (χ2v) is 5.90. The molecule has 0 heterocycles. The van der Waals surface area contributed by atoms with Crippen molar-refractivity contribution >= 4 is 11.4 Å². The van der Waals surface area contributed by atoms with E-state index in [9.17, 15) is 10.1 Å². The Morgan fingerprint density at radius 1 is 1.32 bits per heavy atom. The van der Waals surface area contributed by atoms with Gasteiger partial charge >= 0.3 is 0 Å². The number of aryl methyl sites for hydroxylation is 1. The smallest absolute Gasteiger partial charge is 0.271 e. The highest BCUT2D eigenvalue weighted by Crippen LogP contribution is 2.32. The van der Waals surface area contributed by atoms with Crippen LogP contribution in [0, 0.1) is 28.9 Å². The van der Waals surface area contributed by atoms with Crippen molar-refractivity contribution in [3.8, 4) is 0 Å². The van der Waals surface area contributed by atoms with E-state index in [1.54, 1.807) is 12.1 Å². The number of nitrogens with one attached hydrogen (secondary N) is 1. The molecule has 0 amide bonds. The summed E-state index contributed by atoms with van der Waals surface area (Å²) in [6.45, 7) is 6.53. The van der Waals surface area contributed by atoms with Crippen molar-refractivity contribution < 1.29 is 4.92 Å². The first-order chi connectivity index (χ1) is 8.97. The topological polar surface area (TPSA) is 55.2 Å². The van der Waals surface area contributed by atoms with Crippen LogP contribution in [0.3, 0.4) is 0 Å². The number of nitro groups is 1. The molecular formula is C15H22N2O2. The molecule has 1 aromatic rings. The van der Waals surface area contributed by atoms with Crippen molar-refractivity contribution in [1.29, 1.82) is 0 Å². The summed E-state index contributed by atoms with van der Waals surface area (Å²) in [5.41, 5.74) is 2.13. The van der Waals surface area contributed by atoms with Gasteiger partial charge in [-0.25, -0.2) is 0 Å². The molecule has 4 nitrogen and oxygen atoms in total. The highest BCUT2D eigenvalue weighted by Gasteiger charge is 2.25. The molecule has 1 aliphatic rings. The van der Waals surface area contributed by atoms with E-state index in [4.69, 9.17) is 0 Å². The summed E-state index contributed by atoms with van der Waals surface area (Å²) in [6.07, 6.45) is 3.66. The Balaban J connectivity index is 2.17. The Hall–Kier alpha value is -1.58. The van der Waals surface area contributed by atoms with Gasteiger partial charge in [-0.3, -0.25) is 10.1 Å². The van der Waals surface area contributed by atoms with E-state index < -0.39 is 0 Å². The van der Waals surface area contributed by atoms with Crippen LogP contribution in [0.15, 0.2) is 18.2 Å². The van der Waals surface area contributed by atoms with Crippen LogP contribution in [0.4, 0.5) is 11.4 Å². The molecule has 4 heteroatoms. The summed E-state index contributed by atoms with van der Waals surface area (Å²) in [6, 6.07) is 5.45. The molecule has 19 heavy (non-hydrogen) atoms. The maximum atomic E-state index is 10.9. The Bertz CT molecular complexity index is 473. The molecule has 104 valence electrons. The lowest BCUT2D eigenvalue weighted by atomic mass is 9.80. The van der Waals surface area contributed by atoms with Gasteiger partial charge in [0.25, 0.3) is 5.69 Å². The highest BCUT2D eigenvalue weighted by molar-refractivity contribution is 5.57. The van der Waals surface area contributed by atoms with Gasteiger partial charge in [-0.2, -0.15) is 0 Å². The van der Waals surface area contributed by atoms with E-state index in [0.29, 0.717) is 12.0 Å². The molecular weight excluding hydrogens is 240 g/mol. The zero-order valence-corrected chi connectivity index (χ0v) is 11.8. The number of nitrogens with zero attached hydrogens (tertiary/aromatic N) is 1. The van der Waals surface area contributed by atoms with E-state index >= 15 is 0 Å². The van der Waals surface area contributed by atoms with Crippen molar-refractivity contribution in [1.82, 2.24) is 0 Å². The van der Waals surface area contributed by atoms with Gasteiger partial charge in [0.05, 0.1) is 4.92 Å². The third-order valence-corrected chi connectivity index (χ3v) is 4.23. The fourth-order valence-electron chi connectivity index (χ4n) is 2.81. The van der Waals surface area contributed by atoms with Crippen molar-refractivity contribution in [2.24, 2.45) is 11.8 Å². The summed E-state index contributed by atoms with van der Waals surface area (Å²) < 4.78 is 0. The number of non-ortho nitro benzene ring substituents is 1. The maximum absolute atomic E-state index is 10.9. The lowest BCUT2D eigenvalue weighted by Gasteiger charge is -2.34. The Morgan fingerprint density at radius 2 is 2.05 bits per heavy atom. The molecule has 0 aliphatic heterocycles. The Kier molecular flexibility index (Phi) is 4.08. The molecule has 0 bridgehead atoms. The number of anilines is 1. The minimum Gasteiger partial charge on any atom is -0.382 e. The van der Waals surface area contributed by atoms with Crippen molar-refractivity contribution in [3.05, 3.63) is 33.9 Å². The highest BCUT2D eigenvalue weighted by atomic mass is 16.6.